The molecule has 1 aliphatic heterocycles. The summed E-state index contributed by atoms with van der Waals surface area (Å²) in [6, 6.07) is 0.618. The van der Waals surface area contributed by atoms with Crippen molar-refractivity contribution >= 4 is 0 Å². The predicted octanol–water partition coefficient (Wildman–Crippen LogP) is 1.67. The molecule has 0 spiro atoms. The van der Waals surface area contributed by atoms with Gasteiger partial charge in [-0.3, -0.25) is 9.80 Å². The van der Waals surface area contributed by atoms with Gasteiger partial charge in [-0.15, -0.1) is 0 Å². The van der Waals surface area contributed by atoms with Gasteiger partial charge in [0.25, 0.3) is 0 Å². The average Bonchev–Trinajstić information content (AvgIpc) is 2.30. The highest BCUT2D eigenvalue weighted by Crippen LogP contribution is 2.20. The van der Waals surface area contributed by atoms with E-state index < -0.39 is 6.42 Å². The average molecular weight is 174 g/mol. The zero-order chi connectivity index (χ0) is 9.30. The number of hydrogen-bond acceptors (Lipinski definition) is 2. The van der Waals surface area contributed by atoms with E-state index in [1.54, 1.807) is 0 Å². The van der Waals surface area contributed by atoms with E-state index in [9.17, 15) is 4.39 Å². The molecule has 1 aliphatic rings. The van der Waals surface area contributed by atoms with Crippen LogP contribution in [-0.4, -0.2) is 41.4 Å². The van der Waals surface area contributed by atoms with Gasteiger partial charge >= 0.3 is 0 Å². The molecule has 3 heteroatoms. The summed E-state index contributed by atoms with van der Waals surface area (Å²) >= 11 is 0. The van der Waals surface area contributed by atoms with Crippen molar-refractivity contribution in [2.45, 2.75) is 46.2 Å². The van der Waals surface area contributed by atoms with Gasteiger partial charge in [0.15, 0.2) is 0 Å². The Morgan fingerprint density at radius 2 is 1.33 bits per heavy atom. The lowest BCUT2D eigenvalue weighted by molar-refractivity contribution is -0.0143. The maximum atomic E-state index is 13.6. The molecule has 0 saturated carbocycles. The molecule has 0 aromatic carbocycles. The third-order valence-corrected chi connectivity index (χ3v) is 2.49. The lowest BCUT2D eigenvalue weighted by atomic mass is 10.3. The molecule has 0 aliphatic carbocycles. The summed E-state index contributed by atoms with van der Waals surface area (Å²) in [5.41, 5.74) is 0. The number of nitrogens with zero attached hydrogens (tertiary/aromatic N) is 2. The van der Waals surface area contributed by atoms with Crippen LogP contribution in [0.1, 0.15) is 27.7 Å². The second-order valence-corrected chi connectivity index (χ2v) is 3.97. The molecule has 0 unspecified atom stereocenters. The highest BCUT2D eigenvalue weighted by atomic mass is 19.1. The van der Waals surface area contributed by atoms with Crippen LogP contribution in [0.4, 0.5) is 4.39 Å². The third kappa shape index (κ3) is 1.77. The largest absolute Gasteiger partial charge is 0.258 e. The van der Waals surface area contributed by atoms with Crippen LogP contribution in [0.2, 0.25) is 0 Å². The van der Waals surface area contributed by atoms with Gasteiger partial charge in [0.05, 0.1) is 0 Å². The van der Waals surface area contributed by atoms with Gasteiger partial charge in [-0.25, -0.2) is 4.39 Å². The predicted molar refractivity (Wildman–Crippen MR) is 48.6 cm³/mol. The van der Waals surface area contributed by atoms with Crippen molar-refractivity contribution in [3.63, 3.8) is 0 Å². The Hall–Kier alpha value is -0.150. The first-order chi connectivity index (χ1) is 5.54. The number of alkyl halides is 1. The third-order valence-electron chi connectivity index (χ3n) is 2.49. The van der Waals surface area contributed by atoms with E-state index in [4.69, 9.17) is 0 Å². The summed E-state index contributed by atoms with van der Waals surface area (Å²) in [4.78, 5) is 3.78. The SMILES string of the molecule is CC(C)N1CCN(C(C)C)C1F. The van der Waals surface area contributed by atoms with Crippen LogP contribution in [0.5, 0.6) is 0 Å². The van der Waals surface area contributed by atoms with Crippen molar-refractivity contribution in [3.05, 3.63) is 0 Å². The quantitative estimate of drug-likeness (QED) is 0.588. The zero-order valence-electron chi connectivity index (χ0n) is 8.42. The second-order valence-electron chi connectivity index (χ2n) is 3.97. The van der Waals surface area contributed by atoms with Crippen molar-refractivity contribution in [2.24, 2.45) is 0 Å². The molecule has 1 rings (SSSR count). The van der Waals surface area contributed by atoms with Gasteiger partial charge in [-0.2, -0.15) is 0 Å². The van der Waals surface area contributed by atoms with Gasteiger partial charge in [-0.05, 0) is 27.7 Å². The molecule has 1 fully saturated rings. The second kappa shape index (κ2) is 3.71. The summed E-state index contributed by atoms with van der Waals surface area (Å²) in [6.45, 7) is 9.87. The van der Waals surface area contributed by atoms with Crippen LogP contribution in [0, 0.1) is 0 Å². The fourth-order valence-corrected chi connectivity index (χ4v) is 1.64. The van der Waals surface area contributed by atoms with Crippen LogP contribution in [-0.2, 0) is 0 Å². The summed E-state index contributed by atoms with van der Waals surface area (Å²) < 4.78 is 13.6. The van der Waals surface area contributed by atoms with Gasteiger partial charge in [0.1, 0.15) is 0 Å². The molecule has 0 aromatic heterocycles. The van der Waals surface area contributed by atoms with E-state index in [-0.39, 0.29) is 0 Å². The molecule has 12 heavy (non-hydrogen) atoms. The molecule has 1 heterocycles. The molecule has 0 radical (unpaired) electrons. The van der Waals surface area contributed by atoms with Gasteiger partial charge in [0, 0.05) is 25.2 Å². The molecule has 2 nitrogen and oxygen atoms in total. The van der Waals surface area contributed by atoms with Gasteiger partial charge in [0.2, 0.25) is 6.42 Å². The molecule has 0 bridgehead atoms. The summed E-state index contributed by atoms with van der Waals surface area (Å²) in [5, 5.41) is 0. The van der Waals surface area contributed by atoms with Crippen molar-refractivity contribution in [1.29, 1.82) is 0 Å². The molecule has 72 valence electrons. The minimum atomic E-state index is -0.870. The van der Waals surface area contributed by atoms with Crippen LogP contribution in [0.3, 0.4) is 0 Å². The first-order valence-corrected chi connectivity index (χ1v) is 4.69. The fourth-order valence-electron chi connectivity index (χ4n) is 1.64. The van der Waals surface area contributed by atoms with Crippen LogP contribution >= 0.6 is 0 Å². The molecule has 0 atom stereocenters. The fraction of sp³-hybridized carbons (Fsp3) is 1.00. The Kier molecular flexibility index (Phi) is 3.07. The van der Waals surface area contributed by atoms with Crippen molar-refractivity contribution < 1.29 is 4.39 Å². The Bertz CT molecular complexity index is 131. The topological polar surface area (TPSA) is 6.48 Å². The smallest absolute Gasteiger partial charge is 0.210 e. The van der Waals surface area contributed by atoms with Crippen molar-refractivity contribution in [1.82, 2.24) is 9.80 Å². The summed E-state index contributed by atoms with van der Waals surface area (Å²) in [6.07, 6.45) is -0.870. The van der Waals surface area contributed by atoms with Gasteiger partial charge < -0.3 is 0 Å². The minimum Gasteiger partial charge on any atom is -0.258 e. The van der Waals surface area contributed by atoms with Crippen LogP contribution in [0.15, 0.2) is 0 Å². The van der Waals surface area contributed by atoms with E-state index in [2.05, 4.69) is 0 Å². The number of halogens is 1. The number of rotatable bonds is 2. The van der Waals surface area contributed by atoms with Gasteiger partial charge in [-0.1, -0.05) is 0 Å². The number of hydrogen-bond donors (Lipinski definition) is 0. The minimum absolute atomic E-state index is 0.309. The van der Waals surface area contributed by atoms with E-state index in [1.165, 1.54) is 0 Å². The maximum Gasteiger partial charge on any atom is 0.210 e. The Morgan fingerprint density at radius 1 is 1.00 bits per heavy atom. The molecule has 0 amide bonds. The Labute approximate surface area is 74.3 Å². The first kappa shape index (κ1) is 9.93. The lowest BCUT2D eigenvalue weighted by Crippen LogP contribution is -2.41. The monoisotopic (exact) mass is 174 g/mol. The maximum absolute atomic E-state index is 13.6. The van der Waals surface area contributed by atoms with Crippen LogP contribution in [0.25, 0.3) is 0 Å². The summed E-state index contributed by atoms with van der Waals surface area (Å²) in [5.74, 6) is 0. The highest BCUT2D eigenvalue weighted by molar-refractivity contribution is 4.79. The highest BCUT2D eigenvalue weighted by Gasteiger charge is 2.34. The molecule has 0 N–H and O–H groups in total. The first-order valence-electron chi connectivity index (χ1n) is 4.69. The molecular formula is C9H19FN2. The summed E-state index contributed by atoms with van der Waals surface area (Å²) in [7, 11) is 0. The van der Waals surface area contributed by atoms with Crippen molar-refractivity contribution in [3.8, 4) is 0 Å². The molecular weight excluding hydrogens is 155 g/mol. The van der Waals surface area contributed by atoms with E-state index >= 15 is 0 Å². The Morgan fingerprint density at radius 3 is 1.50 bits per heavy atom. The molecule has 1 saturated heterocycles. The lowest BCUT2D eigenvalue weighted by Gasteiger charge is -2.28. The van der Waals surface area contributed by atoms with E-state index in [0.29, 0.717) is 12.1 Å². The Balaban J connectivity index is 2.55. The standard InChI is InChI=1S/C9H19FN2/c1-7(2)11-5-6-12(8(3)4)9(11)10/h7-9H,5-6H2,1-4H3. The van der Waals surface area contributed by atoms with E-state index in [0.717, 1.165) is 13.1 Å². The van der Waals surface area contributed by atoms with Crippen molar-refractivity contribution in [2.75, 3.05) is 13.1 Å². The normalized spacial score (nSPS) is 23.2. The van der Waals surface area contributed by atoms with Crippen LogP contribution < -0.4 is 0 Å². The molecule has 0 aromatic rings. The van der Waals surface area contributed by atoms with E-state index in [1.807, 2.05) is 37.5 Å². The zero-order valence-corrected chi connectivity index (χ0v) is 8.42.